The molecule has 0 spiro atoms. The van der Waals surface area contributed by atoms with E-state index in [0.717, 1.165) is 12.5 Å². The van der Waals surface area contributed by atoms with Crippen LogP contribution in [0, 0.1) is 5.92 Å². The molecule has 0 fully saturated rings. The molecule has 33 heavy (non-hydrogen) atoms. The third-order valence-corrected chi connectivity index (χ3v) is 7.75. The molecule has 0 aliphatic heterocycles. The summed E-state index contributed by atoms with van der Waals surface area (Å²) in [5.74, 6) is 0.958. The number of rotatable bonds is 29. The number of unbranched alkanes of at least 4 members (excludes halogenated alkanes) is 22. The Morgan fingerprint density at radius 2 is 0.576 bits per heavy atom. The van der Waals surface area contributed by atoms with E-state index in [-0.39, 0.29) is 0 Å². The molecule has 0 unspecified atom stereocenters. The fraction of sp³-hybridized carbons (Fsp3) is 1.00. The second-order valence-electron chi connectivity index (χ2n) is 11.2. The van der Waals surface area contributed by atoms with E-state index in [1.54, 1.807) is 0 Å². The SMILES string of the molecule is CCCCCCCCCCCCCCC(CCCN)CCCCCCCCCCCCCC. The van der Waals surface area contributed by atoms with Gasteiger partial charge in [-0.15, -0.1) is 0 Å². The summed E-state index contributed by atoms with van der Waals surface area (Å²) in [5, 5.41) is 0. The number of hydrogen-bond donors (Lipinski definition) is 1. The Balaban J connectivity index is 3.49. The van der Waals surface area contributed by atoms with E-state index < -0.39 is 0 Å². The van der Waals surface area contributed by atoms with Crippen molar-refractivity contribution in [2.45, 2.75) is 194 Å². The van der Waals surface area contributed by atoms with Gasteiger partial charge in [-0.1, -0.05) is 181 Å². The average Bonchev–Trinajstić information content (AvgIpc) is 2.83. The van der Waals surface area contributed by atoms with Crippen molar-refractivity contribution in [3.63, 3.8) is 0 Å². The zero-order chi connectivity index (χ0) is 24.1. The summed E-state index contributed by atoms with van der Waals surface area (Å²) in [4.78, 5) is 0. The Kier molecular flexibility index (Phi) is 30.0. The molecule has 0 atom stereocenters. The predicted molar refractivity (Wildman–Crippen MR) is 153 cm³/mol. The van der Waals surface area contributed by atoms with Crippen molar-refractivity contribution in [2.75, 3.05) is 6.54 Å². The van der Waals surface area contributed by atoms with Crippen LogP contribution in [0.25, 0.3) is 0 Å². The molecule has 0 aromatic carbocycles. The van der Waals surface area contributed by atoms with Gasteiger partial charge in [0.25, 0.3) is 0 Å². The lowest BCUT2D eigenvalue weighted by Gasteiger charge is -2.16. The first kappa shape index (κ1) is 33.0. The van der Waals surface area contributed by atoms with Crippen LogP contribution < -0.4 is 5.73 Å². The third-order valence-electron chi connectivity index (χ3n) is 7.75. The summed E-state index contributed by atoms with van der Waals surface area (Å²) < 4.78 is 0. The Morgan fingerprint density at radius 1 is 0.333 bits per heavy atom. The van der Waals surface area contributed by atoms with E-state index in [9.17, 15) is 0 Å². The molecule has 0 saturated heterocycles. The first-order valence-corrected chi connectivity index (χ1v) is 16.0. The Labute approximate surface area is 211 Å². The highest BCUT2D eigenvalue weighted by Gasteiger charge is 2.08. The molecule has 0 heterocycles. The molecular weight excluding hydrogens is 398 g/mol. The second-order valence-corrected chi connectivity index (χ2v) is 11.2. The third kappa shape index (κ3) is 28.1. The highest BCUT2D eigenvalue weighted by molar-refractivity contribution is 4.62. The summed E-state index contributed by atoms with van der Waals surface area (Å²) in [7, 11) is 0. The van der Waals surface area contributed by atoms with Crippen LogP contribution in [0.2, 0.25) is 0 Å². The molecule has 2 N–H and O–H groups in total. The molecule has 0 aromatic heterocycles. The molecular formula is C32H67N. The van der Waals surface area contributed by atoms with Crippen LogP contribution >= 0.6 is 0 Å². The highest BCUT2D eigenvalue weighted by Crippen LogP contribution is 2.23. The van der Waals surface area contributed by atoms with E-state index >= 15 is 0 Å². The van der Waals surface area contributed by atoms with Crippen molar-refractivity contribution in [3.8, 4) is 0 Å². The minimum absolute atomic E-state index is 0.882. The van der Waals surface area contributed by atoms with Crippen molar-refractivity contribution < 1.29 is 0 Å². The van der Waals surface area contributed by atoms with Crippen LogP contribution in [0.5, 0.6) is 0 Å². The average molecular weight is 466 g/mol. The number of hydrogen-bond acceptors (Lipinski definition) is 1. The predicted octanol–water partition coefficient (Wildman–Crippen LogP) is 11.5. The van der Waals surface area contributed by atoms with Crippen LogP contribution in [0.15, 0.2) is 0 Å². The lowest BCUT2D eigenvalue weighted by molar-refractivity contribution is 0.373. The van der Waals surface area contributed by atoms with Crippen LogP contribution in [0.1, 0.15) is 194 Å². The lowest BCUT2D eigenvalue weighted by atomic mass is 9.90. The van der Waals surface area contributed by atoms with Crippen molar-refractivity contribution in [2.24, 2.45) is 11.7 Å². The summed E-state index contributed by atoms with van der Waals surface area (Å²) >= 11 is 0. The first-order chi connectivity index (χ1) is 16.3. The fourth-order valence-electron chi connectivity index (χ4n) is 5.39. The highest BCUT2D eigenvalue weighted by atomic mass is 14.5. The van der Waals surface area contributed by atoms with Gasteiger partial charge >= 0.3 is 0 Å². The topological polar surface area (TPSA) is 26.0 Å². The maximum atomic E-state index is 5.81. The van der Waals surface area contributed by atoms with Gasteiger partial charge in [0.1, 0.15) is 0 Å². The zero-order valence-corrected chi connectivity index (χ0v) is 23.7. The standard InChI is InChI=1S/C32H67N/c1-3-5-7-9-11-13-15-17-19-21-23-25-28-32(30-27-31-33)29-26-24-22-20-18-16-14-12-10-8-6-4-2/h32H,3-31,33H2,1-2H3. The monoisotopic (exact) mass is 466 g/mol. The van der Waals surface area contributed by atoms with Gasteiger partial charge in [0.15, 0.2) is 0 Å². The molecule has 0 aliphatic rings. The fourth-order valence-corrected chi connectivity index (χ4v) is 5.39. The molecule has 0 aliphatic carbocycles. The molecule has 0 saturated carbocycles. The smallest absolute Gasteiger partial charge is 0.00772 e. The van der Waals surface area contributed by atoms with Gasteiger partial charge in [-0.25, -0.2) is 0 Å². The summed E-state index contributed by atoms with van der Waals surface area (Å²) in [6, 6.07) is 0. The van der Waals surface area contributed by atoms with Crippen LogP contribution in [-0.2, 0) is 0 Å². The van der Waals surface area contributed by atoms with Gasteiger partial charge in [-0.05, 0) is 25.3 Å². The zero-order valence-electron chi connectivity index (χ0n) is 23.7. The van der Waals surface area contributed by atoms with Gasteiger partial charge in [0.2, 0.25) is 0 Å². The maximum Gasteiger partial charge on any atom is -0.00772 e. The normalized spacial score (nSPS) is 11.6. The second kappa shape index (κ2) is 30.0. The van der Waals surface area contributed by atoms with E-state index in [0.29, 0.717) is 0 Å². The molecule has 200 valence electrons. The summed E-state index contributed by atoms with van der Waals surface area (Å²) in [5.41, 5.74) is 5.81. The summed E-state index contributed by atoms with van der Waals surface area (Å²) in [6.45, 7) is 5.49. The minimum atomic E-state index is 0.882. The van der Waals surface area contributed by atoms with Crippen molar-refractivity contribution in [1.82, 2.24) is 0 Å². The van der Waals surface area contributed by atoms with Crippen molar-refractivity contribution in [1.29, 1.82) is 0 Å². The molecule has 0 aromatic rings. The van der Waals surface area contributed by atoms with Gasteiger partial charge in [-0.2, -0.15) is 0 Å². The molecule has 1 heteroatoms. The van der Waals surface area contributed by atoms with Gasteiger partial charge < -0.3 is 5.73 Å². The van der Waals surface area contributed by atoms with E-state index in [1.165, 1.54) is 180 Å². The quantitative estimate of drug-likeness (QED) is 0.109. The van der Waals surface area contributed by atoms with Crippen molar-refractivity contribution >= 4 is 0 Å². The first-order valence-electron chi connectivity index (χ1n) is 16.0. The van der Waals surface area contributed by atoms with E-state index in [1.807, 2.05) is 0 Å². The minimum Gasteiger partial charge on any atom is -0.330 e. The maximum absolute atomic E-state index is 5.81. The molecule has 0 rings (SSSR count). The van der Waals surface area contributed by atoms with Gasteiger partial charge in [0, 0.05) is 0 Å². The summed E-state index contributed by atoms with van der Waals surface area (Å²) in [6.07, 6.45) is 40.6. The van der Waals surface area contributed by atoms with Crippen LogP contribution in [0.3, 0.4) is 0 Å². The van der Waals surface area contributed by atoms with Crippen LogP contribution in [-0.4, -0.2) is 6.54 Å². The molecule has 1 nitrogen and oxygen atoms in total. The number of nitrogens with two attached hydrogens (primary N) is 1. The van der Waals surface area contributed by atoms with Crippen molar-refractivity contribution in [3.05, 3.63) is 0 Å². The molecule has 0 bridgehead atoms. The van der Waals surface area contributed by atoms with E-state index in [4.69, 9.17) is 5.73 Å². The molecule has 0 amide bonds. The lowest BCUT2D eigenvalue weighted by Crippen LogP contribution is -2.06. The largest absolute Gasteiger partial charge is 0.330 e. The van der Waals surface area contributed by atoms with Crippen LogP contribution in [0.4, 0.5) is 0 Å². The van der Waals surface area contributed by atoms with Gasteiger partial charge in [0.05, 0.1) is 0 Å². The Hall–Kier alpha value is -0.0400. The van der Waals surface area contributed by atoms with E-state index in [2.05, 4.69) is 13.8 Å². The Bertz CT molecular complexity index is 298. The van der Waals surface area contributed by atoms with Gasteiger partial charge in [-0.3, -0.25) is 0 Å². The molecule has 0 radical (unpaired) electrons. The Morgan fingerprint density at radius 3 is 0.848 bits per heavy atom.